The fraction of sp³-hybridized carbons (Fsp3) is 0.167. The van der Waals surface area contributed by atoms with E-state index in [4.69, 9.17) is 4.42 Å². The van der Waals surface area contributed by atoms with Gasteiger partial charge in [0, 0.05) is 5.56 Å². The van der Waals surface area contributed by atoms with Gasteiger partial charge in [0.05, 0.1) is 18.4 Å². The van der Waals surface area contributed by atoms with Crippen molar-refractivity contribution in [1.29, 1.82) is 0 Å². The molecule has 2 rings (SSSR count). The zero-order valence-electron chi connectivity index (χ0n) is 10.8. The molecule has 0 unspecified atom stereocenters. The van der Waals surface area contributed by atoms with Crippen LogP contribution in [0, 0.1) is 11.6 Å². The largest absolute Gasteiger partial charge is 0.444 e. The minimum atomic E-state index is -3.65. The number of amides is 1. The van der Waals surface area contributed by atoms with Gasteiger partial charge in [0.15, 0.2) is 11.6 Å². The molecule has 0 saturated heterocycles. The minimum Gasteiger partial charge on any atom is -0.444 e. The number of aromatic nitrogens is 1. The van der Waals surface area contributed by atoms with Gasteiger partial charge in [-0.3, -0.25) is 9.52 Å². The summed E-state index contributed by atoms with van der Waals surface area (Å²) >= 11 is 0. The fourth-order valence-corrected chi connectivity index (χ4v) is 2.04. The predicted octanol–water partition coefficient (Wildman–Crippen LogP) is 1.24. The SMILES string of the molecule is CS(=O)(=O)NC(=O)Cc1coc(-c2ccc(F)c(F)c2)n1. The highest BCUT2D eigenvalue weighted by molar-refractivity contribution is 7.89. The third-order valence-electron chi connectivity index (χ3n) is 2.36. The van der Waals surface area contributed by atoms with Crippen molar-refractivity contribution in [3.05, 3.63) is 41.8 Å². The molecule has 112 valence electrons. The molecule has 6 nitrogen and oxygen atoms in total. The van der Waals surface area contributed by atoms with Crippen LogP contribution in [0.2, 0.25) is 0 Å². The number of sulfonamides is 1. The summed E-state index contributed by atoms with van der Waals surface area (Å²) in [5, 5.41) is 0. The highest BCUT2D eigenvalue weighted by Crippen LogP contribution is 2.21. The molecule has 0 saturated carbocycles. The number of rotatable bonds is 4. The Balaban J connectivity index is 2.14. The molecule has 1 amide bonds. The second-order valence-electron chi connectivity index (χ2n) is 4.25. The summed E-state index contributed by atoms with van der Waals surface area (Å²) in [6, 6.07) is 3.09. The smallest absolute Gasteiger partial charge is 0.239 e. The molecule has 0 atom stereocenters. The van der Waals surface area contributed by atoms with Crippen molar-refractivity contribution in [3.8, 4) is 11.5 Å². The van der Waals surface area contributed by atoms with E-state index in [1.807, 2.05) is 0 Å². The van der Waals surface area contributed by atoms with Crippen molar-refractivity contribution in [1.82, 2.24) is 9.71 Å². The molecule has 21 heavy (non-hydrogen) atoms. The molecule has 1 aromatic carbocycles. The second-order valence-corrected chi connectivity index (χ2v) is 6.00. The summed E-state index contributed by atoms with van der Waals surface area (Å²) in [7, 11) is -3.65. The first kappa shape index (κ1) is 15.1. The maximum absolute atomic E-state index is 13.1. The maximum atomic E-state index is 13.1. The summed E-state index contributed by atoms with van der Waals surface area (Å²) in [6.07, 6.45) is 1.67. The van der Waals surface area contributed by atoms with Crippen molar-refractivity contribution in [2.45, 2.75) is 6.42 Å². The molecule has 1 N–H and O–H groups in total. The number of nitrogens with zero attached hydrogens (tertiary/aromatic N) is 1. The molecule has 0 aliphatic carbocycles. The molecule has 1 heterocycles. The first-order chi connectivity index (χ1) is 9.74. The van der Waals surface area contributed by atoms with Crippen LogP contribution in [0.1, 0.15) is 5.69 Å². The first-order valence-electron chi connectivity index (χ1n) is 5.65. The van der Waals surface area contributed by atoms with Crippen LogP contribution in [0.25, 0.3) is 11.5 Å². The fourth-order valence-electron chi connectivity index (χ4n) is 1.56. The lowest BCUT2D eigenvalue weighted by molar-refractivity contribution is -0.118. The lowest BCUT2D eigenvalue weighted by Gasteiger charge is -1.99. The summed E-state index contributed by atoms with van der Waals surface area (Å²) in [5.41, 5.74) is 0.361. The Labute approximate surface area is 118 Å². The average molecular weight is 316 g/mol. The van der Waals surface area contributed by atoms with Crippen LogP contribution in [-0.2, 0) is 21.2 Å². The summed E-state index contributed by atoms with van der Waals surface area (Å²) in [5.74, 6) is -2.83. The third-order valence-corrected chi connectivity index (χ3v) is 2.96. The zero-order chi connectivity index (χ0) is 15.6. The Hall–Kier alpha value is -2.29. The summed E-state index contributed by atoms with van der Waals surface area (Å²) < 4.78 is 54.5. The summed E-state index contributed by atoms with van der Waals surface area (Å²) in [6.45, 7) is 0. The predicted molar refractivity (Wildman–Crippen MR) is 68.5 cm³/mol. The van der Waals surface area contributed by atoms with Crippen LogP contribution in [0.3, 0.4) is 0 Å². The van der Waals surface area contributed by atoms with E-state index in [1.54, 1.807) is 4.72 Å². The van der Waals surface area contributed by atoms with Crippen molar-refractivity contribution in [3.63, 3.8) is 0 Å². The maximum Gasteiger partial charge on any atom is 0.239 e. The van der Waals surface area contributed by atoms with Crippen LogP contribution in [-0.4, -0.2) is 25.6 Å². The van der Waals surface area contributed by atoms with Gasteiger partial charge in [0.25, 0.3) is 0 Å². The Bertz CT molecular complexity index is 786. The number of hydrogen-bond donors (Lipinski definition) is 1. The highest BCUT2D eigenvalue weighted by Gasteiger charge is 2.14. The van der Waals surface area contributed by atoms with Crippen LogP contribution < -0.4 is 4.72 Å². The lowest BCUT2D eigenvalue weighted by Crippen LogP contribution is -2.30. The zero-order valence-corrected chi connectivity index (χ0v) is 11.6. The van der Waals surface area contributed by atoms with Crippen molar-refractivity contribution in [2.75, 3.05) is 6.26 Å². The lowest BCUT2D eigenvalue weighted by atomic mass is 10.2. The van der Waals surface area contributed by atoms with E-state index in [0.29, 0.717) is 0 Å². The number of nitrogens with one attached hydrogen (secondary N) is 1. The average Bonchev–Trinajstić information content (AvgIpc) is 2.78. The molecule has 1 aromatic heterocycles. The van der Waals surface area contributed by atoms with Gasteiger partial charge in [0.1, 0.15) is 6.26 Å². The Morgan fingerprint density at radius 1 is 1.33 bits per heavy atom. The van der Waals surface area contributed by atoms with E-state index in [1.165, 1.54) is 6.07 Å². The number of halogens is 2. The van der Waals surface area contributed by atoms with Crippen molar-refractivity contribution >= 4 is 15.9 Å². The number of hydrogen-bond acceptors (Lipinski definition) is 5. The van der Waals surface area contributed by atoms with E-state index in [9.17, 15) is 22.0 Å². The molecule has 0 spiro atoms. The van der Waals surface area contributed by atoms with Gasteiger partial charge in [-0.15, -0.1) is 0 Å². The molecule has 0 fully saturated rings. The number of oxazole rings is 1. The molecular formula is C12H10F2N2O4S. The van der Waals surface area contributed by atoms with Crippen LogP contribution in [0.4, 0.5) is 8.78 Å². The first-order valence-corrected chi connectivity index (χ1v) is 7.54. The van der Waals surface area contributed by atoms with E-state index in [-0.39, 0.29) is 23.6 Å². The number of benzene rings is 1. The molecule has 0 bridgehead atoms. The quantitative estimate of drug-likeness (QED) is 0.916. The number of carbonyl (C=O) groups excluding carboxylic acids is 1. The standard InChI is InChI=1S/C12H10F2N2O4S/c1-21(18,19)16-11(17)5-8-6-20-12(15-8)7-2-3-9(13)10(14)4-7/h2-4,6H,5H2,1H3,(H,16,17). The normalized spacial score (nSPS) is 11.4. The van der Waals surface area contributed by atoms with Crippen LogP contribution in [0.15, 0.2) is 28.9 Å². The molecule has 2 aromatic rings. The van der Waals surface area contributed by atoms with Gasteiger partial charge < -0.3 is 4.42 Å². The van der Waals surface area contributed by atoms with Gasteiger partial charge in [-0.1, -0.05) is 0 Å². The van der Waals surface area contributed by atoms with Crippen LogP contribution >= 0.6 is 0 Å². The summed E-state index contributed by atoms with van der Waals surface area (Å²) in [4.78, 5) is 15.3. The van der Waals surface area contributed by atoms with Crippen molar-refractivity contribution < 1.29 is 26.4 Å². The monoisotopic (exact) mass is 316 g/mol. The van der Waals surface area contributed by atoms with Gasteiger partial charge in [-0.2, -0.15) is 0 Å². The van der Waals surface area contributed by atoms with Gasteiger partial charge in [-0.05, 0) is 18.2 Å². The Morgan fingerprint density at radius 2 is 2.05 bits per heavy atom. The highest BCUT2D eigenvalue weighted by atomic mass is 32.2. The Kier molecular flexibility index (Phi) is 4.03. The molecular weight excluding hydrogens is 306 g/mol. The number of carbonyl (C=O) groups is 1. The molecule has 0 radical (unpaired) electrons. The van der Waals surface area contributed by atoms with Crippen LogP contribution in [0.5, 0.6) is 0 Å². The third kappa shape index (κ3) is 4.09. The molecule has 9 heteroatoms. The molecule has 0 aliphatic heterocycles. The van der Waals surface area contributed by atoms with Gasteiger partial charge in [0.2, 0.25) is 21.8 Å². The van der Waals surface area contributed by atoms with E-state index >= 15 is 0 Å². The van der Waals surface area contributed by atoms with E-state index < -0.39 is 27.6 Å². The van der Waals surface area contributed by atoms with E-state index in [0.717, 1.165) is 24.7 Å². The molecule has 0 aliphatic rings. The second kappa shape index (κ2) is 5.60. The Morgan fingerprint density at radius 3 is 2.67 bits per heavy atom. The topological polar surface area (TPSA) is 89.3 Å². The van der Waals surface area contributed by atoms with Crippen molar-refractivity contribution in [2.24, 2.45) is 0 Å². The van der Waals surface area contributed by atoms with Gasteiger partial charge in [-0.25, -0.2) is 22.2 Å². The van der Waals surface area contributed by atoms with E-state index in [2.05, 4.69) is 4.98 Å². The minimum absolute atomic E-state index is 0.00365. The van der Waals surface area contributed by atoms with Gasteiger partial charge >= 0.3 is 0 Å².